The van der Waals surface area contributed by atoms with Gasteiger partial charge in [-0.2, -0.15) is 0 Å². The number of rotatable bonds is 5. The zero-order chi connectivity index (χ0) is 17.9. The molecular weight excluding hydrogens is 413 g/mol. The maximum absolute atomic E-state index is 13.3. The summed E-state index contributed by atoms with van der Waals surface area (Å²) in [5, 5.41) is 9.35. The monoisotopic (exact) mass is 431 g/mol. The van der Waals surface area contributed by atoms with E-state index in [1.165, 1.54) is 28.8 Å². The molecule has 0 radical (unpaired) electrons. The Morgan fingerprint density at radius 3 is 2.67 bits per heavy atom. The molecule has 24 heavy (non-hydrogen) atoms. The van der Waals surface area contributed by atoms with Gasteiger partial charge in [-0.3, -0.25) is 0 Å². The minimum atomic E-state index is -0.910. The summed E-state index contributed by atoms with van der Waals surface area (Å²) in [5.41, 5.74) is -0.431. The summed E-state index contributed by atoms with van der Waals surface area (Å²) in [4.78, 5) is 14.8. The zero-order valence-corrected chi connectivity index (χ0v) is 16.9. The number of carboxylic acid groups (broad SMARTS) is 1. The van der Waals surface area contributed by atoms with Crippen LogP contribution in [0, 0.1) is 5.82 Å². The molecule has 3 nitrogen and oxygen atoms in total. The summed E-state index contributed by atoms with van der Waals surface area (Å²) < 4.78 is 15.3. The molecule has 7 heteroatoms. The number of halogens is 2. The van der Waals surface area contributed by atoms with E-state index in [1.807, 2.05) is 32.9 Å². The van der Waals surface area contributed by atoms with Crippen LogP contribution in [-0.4, -0.2) is 28.2 Å². The van der Waals surface area contributed by atoms with Crippen molar-refractivity contribution < 1.29 is 14.3 Å². The highest BCUT2D eigenvalue weighted by molar-refractivity contribution is 9.10. The van der Waals surface area contributed by atoms with Gasteiger partial charge in [-0.1, -0.05) is 17.8 Å². The second kappa shape index (κ2) is 7.89. The summed E-state index contributed by atoms with van der Waals surface area (Å²) in [6.07, 6.45) is -0.260. The first-order chi connectivity index (χ1) is 11.2. The van der Waals surface area contributed by atoms with E-state index in [2.05, 4.69) is 15.9 Å². The molecule has 0 bridgehead atoms. The average Bonchev–Trinajstić information content (AvgIpc) is 2.77. The fraction of sp³-hybridized carbons (Fsp3) is 0.353. The Balaban J connectivity index is 2.07. The van der Waals surface area contributed by atoms with Gasteiger partial charge in [0.2, 0.25) is 0 Å². The molecule has 1 N–H and O–H groups in total. The van der Waals surface area contributed by atoms with Crippen molar-refractivity contribution in [3.05, 3.63) is 45.5 Å². The predicted octanol–water partition coefficient (Wildman–Crippen LogP) is 6.12. The maximum Gasteiger partial charge on any atom is 0.407 e. The number of amides is 1. The van der Waals surface area contributed by atoms with Gasteiger partial charge in [-0.25, -0.2) is 9.18 Å². The molecule has 0 spiro atoms. The third-order valence-electron chi connectivity index (χ3n) is 3.34. The fourth-order valence-corrected chi connectivity index (χ4v) is 5.31. The second-order valence-corrected chi connectivity index (χ2v) is 9.60. The molecule has 0 aliphatic carbocycles. The van der Waals surface area contributed by atoms with E-state index in [-0.39, 0.29) is 5.82 Å². The van der Waals surface area contributed by atoms with Crippen molar-refractivity contribution in [1.82, 2.24) is 4.90 Å². The molecule has 0 saturated carbocycles. The number of benzene rings is 1. The Bertz CT molecular complexity index is 728. The third-order valence-corrected chi connectivity index (χ3v) is 6.87. The summed E-state index contributed by atoms with van der Waals surface area (Å²) >= 11 is 6.63. The molecule has 0 unspecified atom stereocenters. The largest absolute Gasteiger partial charge is 0.465 e. The van der Waals surface area contributed by atoms with Gasteiger partial charge in [0.15, 0.2) is 0 Å². The highest BCUT2D eigenvalue weighted by Gasteiger charge is 2.25. The third kappa shape index (κ3) is 5.22. The molecule has 130 valence electrons. The second-order valence-electron chi connectivity index (χ2n) is 6.26. The van der Waals surface area contributed by atoms with Crippen LogP contribution in [0.25, 0.3) is 0 Å². The molecule has 1 amide bonds. The smallest absolute Gasteiger partial charge is 0.407 e. The van der Waals surface area contributed by atoms with Crippen molar-refractivity contribution >= 4 is 45.1 Å². The van der Waals surface area contributed by atoms with Crippen LogP contribution in [0.4, 0.5) is 9.18 Å². The molecule has 2 aromatic rings. The van der Waals surface area contributed by atoms with Crippen molar-refractivity contribution in [2.75, 3.05) is 6.54 Å². The van der Waals surface area contributed by atoms with Crippen LogP contribution < -0.4 is 0 Å². The van der Waals surface area contributed by atoms with Gasteiger partial charge in [-0.15, -0.1) is 11.3 Å². The fourth-order valence-electron chi connectivity index (χ4n) is 2.17. The SMILES string of the molecule is CC(C)(C)N(CCc1cc(Br)c(Sc2cccc(F)c2)s1)C(=O)O. The van der Waals surface area contributed by atoms with Crippen LogP contribution >= 0.6 is 39.0 Å². The Labute approximate surface area is 158 Å². The molecule has 0 saturated heterocycles. The molecule has 1 aromatic heterocycles. The number of hydrogen-bond acceptors (Lipinski definition) is 3. The van der Waals surface area contributed by atoms with Gasteiger partial charge >= 0.3 is 6.09 Å². The summed E-state index contributed by atoms with van der Waals surface area (Å²) in [5.74, 6) is -0.254. The van der Waals surface area contributed by atoms with Crippen molar-refractivity contribution in [2.24, 2.45) is 0 Å². The Kier molecular flexibility index (Phi) is 6.33. The number of hydrogen-bond donors (Lipinski definition) is 1. The number of carbonyl (C=O) groups is 1. The molecule has 1 heterocycles. The standard InChI is InChI=1S/C17H19BrFNO2S2/c1-17(2,3)20(16(21)22)8-7-13-10-14(18)15(24-13)23-12-6-4-5-11(19)9-12/h4-6,9-10H,7-8H2,1-3H3,(H,21,22). The molecule has 0 atom stereocenters. The summed E-state index contributed by atoms with van der Waals surface area (Å²) in [7, 11) is 0. The lowest BCUT2D eigenvalue weighted by Gasteiger charge is -2.33. The Hall–Kier alpha value is -1.05. The Morgan fingerprint density at radius 2 is 2.08 bits per heavy atom. The lowest BCUT2D eigenvalue weighted by Crippen LogP contribution is -2.45. The van der Waals surface area contributed by atoms with E-state index in [0.717, 1.165) is 18.5 Å². The van der Waals surface area contributed by atoms with Crippen LogP contribution in [-0.2, 0) is 6.42 Å². The van der Waals surface area contributed by atoms with Gasteiger partial charge < -0.3 is 10.0 Å². The first-order valence-corrected chi connectivity index (χ1v) is 9.81. The lowest BCUT2D eigenvalue weighted by molar-refractivity contribution is 0.101. The molecule has 0 aliphatic heterocycles. The van der Waals surface area contributed by atoms with Gasteiger partial charge in [-0.05, 0) is 67.4 Å². The van der Waals surface area contributed by atoms with E-state index in [4.69, 9.17) is 0 Å². The van der Waals surface area contributed by atoms with Crippen LogP contribution in [0.1, 0.15) is 25.6 Å². The minimum absolute atomic E-state index is 0.254. The van der Waals surface area contributed by atoms with E-state index < -0.39 is 11.6 Å². The minimum Gasteiger partial charge on any atom is -0.465 e. The summed E-state index contributed by atoms with van der Waals surface area (Å²) in [6.45, 7) is 6.10. The summed E-state index contributed by atoms with van der Waals surface area (Å²) in [6, 6.07) is 8.49. The maximum atomic E-state index is 13.3. The average molecular weight is 432 g/mol. The van der Waals surface area contributed by atoms with E-state index in [9.17, 15) is 14.3 Å². The molecular formula is C17H19BrFNO2S2. The van der Waals surface area contributed by atoms with E-state index in [1.54, 1.807) is 17.4 Å². The Morgan fingerprint density at radius 1 is 1.38 bits per heavy atom. The zero-order valence-electron chi connectivity index (χ0n) is 13.7. The number of nitrogens with zero attached hydrogens (tertiary/aromatic N) is 1. The van der Waals surface area contributed by atoms with Crippen molar-refractivity contribution in [1.29, 1.82) is 0 Å². The van der Waals surface area contributed by atoms with Gasteiger partial charge in [0, 0.05) is 26.3 Å². The van der Waals surface area contributed by atoms with Crippen molar-refractivity contribution in [3.8, 4) is 0 Å². The van der Waals surface area contributed by atoms with Gasteiger partial charge in [0.1, 0.15) is 5.82 Å². The molecule has 2 rings (SSSR count). The first-order valence-electron chi connectivity index (χ1n) is 7.39. The van der Waals surface area contributed by atoms with Crippen LogP contribution in [0.5, 0.6) is 0 Å². The molecule has 0 fully saturated rings. The normalized spacial score (nSPS) is 11.5. The van der Waals surface area contributed by atoms with Gasteiger partial charge in [0.25, 0.3) is 0 Å². The van der Waals surface area contributed by atoms with Crippen LogP contribution in [0.15, 0.2) is 43.9 Å². The first kappa shape index (κ1) is 19.3. The molecule has 0 aliphatic rings. The van der Waals surface area contributed by atoms with Crippen LogP contribution in [0.2, 0.25) is 0 Å². The quantitative estimate of drug-likeness (QED) is 0.619. The van der Waals surface area contributed by atoms with Crippen molar-refractivity contribution in [3.63, 3.8) is 0 Å². The topological polar surface area (TPSA) is 40.5 Å². The lowest BCUT2D eigenvalue weighted by atomic mass is 10.1. The molecule has 1 aromatic carbocycles. The van der Waals surface area contributed by atoms with Crippen LogP contribution in [0.3, 0.4) is 0 Å². The highest BCUT2D eigenvalue weighted by Crippen LogP contribution is 2.40. The van der Waals surface area contributed by atoms with E-state index >= 15 is 0 Å². The number of thiophene rings is 1. The predicted molar refractivity (Wildman–Crippen MR) is 101 cm³/mol. The van der Waals surface area contributed by atoms with E-state index in [0.29, 0.717) is 13.0 Å². The highest BCUT2D eigenvalue weighted by atomic mass is 79.9. The van der Waals surface area contributed by atoms with Gasteiger partial charge in [0.05, 0.1) is 4.21 Å². The van der Waals surface area contributed by atoms with Crippen molar-refractivity contribution in [2.45, 2.75) is 41.8 Å².